The first kappa shape index (κ1) is 9.76. The van der Waals surface area contributed by atoms with E-state index in [-0.39, 0.29) is 0 Å². The fourth-order valence-corrected chi connectivity index (χ4v) is 0.985. The molecule has 1 N–H and O–H groups in total. The third-order valence-electron chi connectivity index (χ3n) is 1.56. The zero-order valence-corrected chi connectivity index (χ0v) is 7.11. The van der Waals surface area contributed by atoms with Gasteiger partial charge in [-0.25, -0.2) is 0 Å². The van der Waals surface area contributed by atoms with E-state index in [1.807, 2.05) is 6.08 Å². The first-order chi connectivity index (χ1) is 5.25. The maximum atomic E-state index is 3.82. The molecule has 0 amide bonds. The molecule has 1 aliphatic heterocycles. The topological polar surface area (TPSA) is 12.0 Å². The monoisotopic (exact) mass is 149 g/mol. The molecule has 0 saturated heterocycles. The molecular weight excluding hydrogens is 134 g/mol. The fraction of sp³-hybridized carbons (Fsp3) is 0.200. The third kappa shape index (κ3) is 2.11. The van der Waals surface area contributed by atoms with E-state index < -0.39 is 0 Å². The van der Waals surface area contributed by atoms with Gasteiger partial charge < -0.3 is 5.32 Å². The Kier molecular flexibility index (Phi) is 4.04. The number of allylic oxidation sites excluding steroid dienone is 1. The largest absolute Gasteiger partial charge is 0.381 e. The molecule has 11 heavy (non-hydrogen) atoms. The Morgan fingerprint density at radius 2 is 2.00 bits per heavy atom. The number of hydrogen-bond donors (Lipinski definition) is 1. The Balaban J connectivity index is 0.000000461. The quantitative estimate of drug-likeness (QED) is 0.564. The van der Waals surface area contributed by atoms with Gasteiger partial charge in [-0.2, -0.15) is 0 Å². The summed E-state index contributed by atoms with van der Waals surface area (Å²) in [5.74, 6) is 0. The molecule has 0 atom stereocenters. The molecule has 0 fully saturated rings. The first-order valence-corrected chi connectivity index (χ1v) is 3.51. The molecule has 0 bridgehead atoms. The van der Waals surface area contributed by atoms with Crippen LogP contribution in [0.4, 0.5) is 0 Å². The van der Waals surface area contributed by atoms with Crippen LogP contribution in [0.25, 0.3) is 0 Å². The van der Waals surface area contributed by atoms with Crippen molar-refractivity contribution in [3.63, 3.8) is 0 Å². The van der Waals surface area contributed by atoms with Gasteiger partial charge in [0.2, 0.25) is 0 Å². The van der Waals surface area contributed by atoms with Crippen LogP contribution in [0.15, 0.2) is 49.2 Å². The van der Waals surface area contributed by atoms with E-state index >= 15 is 0 Å². The van der Waals surface area contributed by atoms with Crippen LogP contribution in [0.2, 0.25) is 0 Å². The molecule has 0 aliphatic carbocycles. The van der Waals surface area contributed by atoms with Crippen LogP contribution in [-0.4, -0.2) is 6.54 Å². The van der Waals surface area contributed by atoms with Crippen molar-refractivity contribution < 1.29 is 0 Å². The van der Waals surface area contributed by atoms with Gasteiger partial charge in [0.1, 0.15) is 0 Å². The molecule has 1 aliphatic rings. The van der Waals surface area contributed by atoms with Crippen molar-refractivity contribution in [2.75, 3.05) is 6.54 Å². The molecule has 0 spiro atoms. The molecule has 0 aromatic carbocycles. The van der Waals surface area contributed by atoms with E-state index in [1.165, 1.54) is 11.1 Å². The average Bonchev–Trinajstić information content (AvgIpc) is 2.35. The predicted octanol–water partition coefficient (Wildman–Crippen LogP) is 2.41. The van der Waals surface area contributed by atoms with E-state index in [4.69, 9.17) is 0 Å². The fourth-order valence-electron chi connectivity index (χ4n) is 0.985. The molecule has 0 saturated carbocycles. The molecule has 0 aromatic rings. The van der Waals surface area contributed by atoms with Crippen LogP contribution >= 0.6 is 0 Å². The van der Waals surface area contributed by atoms with Gasteiger partial charge >= 0.3 is 0 Å². The second kappa shape index (κ2) is 4.56. The van der Waals surface area contributed by atoms with Crippen LogP contribution in [0.3, 0.4) is 0 Å². The lowest BCUT2D eigenvalue weighted by Gasteiger charge is -1.94. The van der Waals surface area contributed by atoms with Crippen molar-refractivity contribution in [3.05, 3.63) is 49.2 Å². The van der Waals surface area contributed by atoms with Gasteiger partial charge in [0.15, 0.2) is 0 Å². The zero-order valence-electron chi connectivity index (χ0n) is 7.11. The summed E-state index contributed by atoms with van der Waals surface area (Å²) in [4.78, 5) is 0. The normalized spacial score (nSPS) is 15.2. The van der Waals surface area contributed by atoms with E-state index in [0.717, 1.165) is 12.2 Å². The summed E-state index contributed by atoms with van der Waals surface area (Å²) in [6.07, 6.45) is 1.84. The second-order valence-corrected chi connectivity index (χ2v) is 2.23. The zero-order chi connectivity index (χ0) is 8.85. The maximum Gasteiger partial charge on any atom is 0.0367 e. The molecule has 1 rings (SSSR count). The minimum Gasteiger partial charge on any atom is -0.381 e. The Labute approximate surface area is 68.8 Å². The summed E-state index contributed by atoms with van der Waals surface area (Å²) in [6, 6.07) is 0. The van der Waals surface area contributed by atoms with Gasteiger partial charge in [-0.05, 0) is 18.1 Å². The van der Waals surface area contributed by atoms with E-state index in [1.54, 1.807) is 0 Å². The van der Waals surface area contributed by atoms with Crippen molar-refractivity contribution in [1.29, 1.82) is 0 Å². The predicted molar refractivity (Wildman–Crippen MR) is 51.3 cm³/mol. The average molecular weight is 149 g/mol. The highest BCUT2D eigenvalue weighted by atomic mass is 14.9. The highest BCUT2D eigenvalue weighted by molar-refractivity contribution is 5.44. The van der Waals surface area contributed by atoms with E-state index in [0.29, 0.717) is 0 Å². The molecule has 0 aromatic heterocycles. The molecular formula is C10H15N. The van der Waals surface area contributed by atoms with E-state index in [2.05, 4.69) is 38.6 Å². The van der Waals surface area contributed by atoms with Gasteiger partial charge in [0.25, 0.3) is 0 Å². The van der Waals surface area contributed by atoms with Crippen LogP contribution < -0.4 is 5.32 Å². The minimum atomic E-state index is 0.931. The SMILES string of the molecule is C=C.C=CC1=C(C)CNC1=C. The molecule has 1 nitrogen and oxygen atoms in total. The number of nitrogens with one attached hydrogen (secondary N) is 1. The summed E-state index contributed by atoms with van der Waals surface area (Å²) in [7, 11) is 0. The van der Waals surface area contributed by atoms with Crippen molar-refractivity contribution in [2.45, 2.75) is 6.92 Å². The molecule has 1 heterocycles. The Bertz CT molecular complexity index is 199. The summed E-state index contributed by atoms with van der Waals surface area (Å²) in [6.45, 7) is 16.5. The lowest BCUT2D eigenvalue weighted by molar-refractivity contribution is 0.954. The van der Waals surface area contributed by atoms with Crippen molar-refractivity contribution in [1.82, 2.24) is 5.32 Å². The van der Waals surface area contributed by atoms with Crippen LogP contribution in [0.5, 0.6) is 0 Å². The van der Waals surface area contributed by atoms with Gasteiger partial charge in [-0.15, -0.1) is 13.2 Å². The Hall–Kier alpha value is -1.24. The summed E-state index contributed by atoms with van der Waals surface area (Å²) >= 11 is 0. The van der Waals surface area contributed by atoms with Gasteiger partial charge in [0.05, 0.1) is 0 Å². The van der Waals surface area contributed by atoms with Gasteiger partial charge in [-0.3, -0.25) is 0 Å². The molecule has 0 unspecified atom stereocenters. The lowest BCUT2D eigenvalue weighted by Crippen LogP contribution is -2.05. The lowest BCUT2D eigenvalue weighted by atomic mass is 10.1. The molecule has 60 valence electrons. The second-order valence-electron chi connectivity index (χ2n) is 2.23. The van der Waals surface area contributed by atoms with Crippen LogP contribution in [-0.2, 0) is 0 Å². The Morgan fingerprint density at radius 3 is 2.18 bits per heavy atom. The minimum absolute atomic E-state index is 0.931. The van der Waals surface area contributed by atoms with Crippen molar-refractivity contribution in [2.24, 2.45) is 0 Å². The van der Waals surface area contributed by atoms with Gasteiger partial charge in [-0.1, -0.05) is 19.2 Å². The first-order valence-electron chi connectivity index (χ1n) is 3.51. The summed E-state index contributed by atoms with van der Waals surface area (Å²) in [5, 5.41) is 3.13. The van der Waals surface area contributed by atoms with Crippen molar-refractivity contribution >= 4 is 0 Å². The van der Waals surface area contributed by atoms with E-state index in [9.17, 15) is 0 Å². The highest BCUT2D eigenvalue weighted by Crippen LogP contribution is 2.17. The highest BCUT2D eigenvalue weighted by Gasteiger charge is 2.09. The van der Waals surface area contributed by atoms with Crippen LogP contribution in [0.1, 0.15) is 6.92 Å². The molecule has 0 radical (unpaired) electrons. The van der Waals surface area contributed by atoms with Gasteiger partial charge in [0, 0.05) is 12.2 Å². The van der Waals surface area contributed by atoms with Crippen LogP contribution in [0, 0.1) is 0 Å². The third-order valence-corrected chi connectivity index (χ3v) is 1.56. The summed E-state index contributed by atoms with van der Waals surface area (Å²) in [5.41, 5.74) is 3.51. The van der Waals surface area contributed by atoms with Crippen molar-refractivity contribution in [3.8, 4) is 0 Å². The maximum absolute atomic E-state index is 3.82. The number of rotatable bonds is 1. The Morgan fingerprint density at radius 1 is 1.45 bits per heavy atom. The smallest absolute Gasteiger partial charge is 0.0367 e. The summed E-state index contributed by atoms with van der Waals surface area (Å²) < 4.78 is 0. The number of hydrogen-bond acceptors (Lipinski definition) is 1. The standard InChI is InChI=1S/C8H11N.C2H4/c1-4-8-6(2)5-9-7(8)3;1-2/h4,9H,1,3,5H2,2H3;1-2H2. The molecule has 1 heteroatoms.